The first kappa shape index (κ1) is 14.6. The van der Waals surface area contributed by atoms with Crippen LogP contribution in [0.2, 0.25) is 0 Å². The zero-order chi connectivity index (χ0) is 14.1. The van der Waals surface area contributed by atoms with Gasteiger partial charge < -0.3 is 5.11 Å². The largest absolute Gasteiger partial charge is 0.393 e. The van der Waals surface area contributed by atoms with Crippen molar-refractivity contribution in [3.8, 4) is 0 Å². The van der Waals surface area contributed by atoms with Gasteiger partial charge in [-0.05, 0) is 81.5 Å². The molecule has 0 bridgehead atoms. The number of aliphatic hydroxyl groups is 1. The summed E-state index contributed by atoms with van der Waals surface area (Å²) in [6.07, 6.45) is 14.7. The van der Waals surface area contributed by atoms with Crippen molar-refractivity contribution in [2.75, 3.05) is 0 Å². The molecule has 6 atom stereocenters. The minimum atomic E-state index is -0.119. The van der Waals surface area contributed by atoms with Gasteiger partial charge in [-0.25, -0.2) is 0 Å². The topological polar surface area (TPSA) is 20.2 Å². The van der Waals surface area contributed by atoms with Gasteiger partial charge in [0, 0.05) is 0 Å². The molecule has 0 spiro atoms. The van der Waals surface area contributed by atoms with Crippen LogP contribution in [-0.2, 0) is 0 Å². The zero-order valence-corrected chi connectivity index (χ0v) is 13.4. The molecule has 0 saturated heterocycles. The average Bonchev–Trinajstić information content (AvgIpc) is 2.45. The molecule has 6 unspecified atom stereocenters. The van der Waals surface area contributed by atoms with E-state index >= 15 is 0 Å². The molecule has 2 fully saturated rings. The van der Waals surface area contributed by atoms with Crippen LogP contribution < -0.4 is 0 Å². The fourth-order valence-corrected chi connectivity index (χ4v) is 5.50. The van der Waals surface area contributed by atoms with Crippen molar-refractivity contribution >= 4 is 0 Å². The van der Waals surface area contributed by atoms with Gasteiger partial charge in [-0.3, -0.25) is 0 Å². The summed E-state index contributed by atoms with van der Waals surface area (Å²) in [4.78, 5) is 0. The van der Waals surface area contributed by atoms with Gasteiger partial charge in [0.25, 0.3) is 0 Å². The lowest BCUT2D eigenvalue weighted by Crippen LogP contribution is -2.40. The number of aliphatic hydroxyl groups excluding tert-OH is 1. The van der Waals surface area contributed by atoms with Crippen molar-refractivity contribution in [3.05, 3.63) is 11.6 Å². The summed E-state index contributed by atoms with van der Waals surface area (Å²) in [5, 5.41) is 9.64. The maximum absolute atomic E-state index is 9.64. The van der Waals surface area contributed by atoms with Crippen LogP contribution >= 0.6 is 0 Å². The van der Waals surface area contributed by atoms with Crippen LogP contribution in [0.1, 0.15) is 71.6 Å². The van der Waals surface area contributed by atoms with E-state index in [2.05, 4.69) is 13.0 Å². The van der Waals surface area contributed by atoms with Crippen LogP contribution in [0, 0.1) is 29.6 Å². The van der Waals surface area contributed by atoms with E-state index in [9.17, 15) is 5.11 Å². The van der Waals surface area contributed by atoms with E-state index in [1.54, 1.807) is 0 Å². The first-order valence-corrected chi connectivity index (χ1v) is 9.03. The van der Waals surface area contributed by atoms with Crippen molar-refractivity contribution in [3.63, 3.8) is 0 Å². The Morgan fingerprint density at radius 3 is 2.85 bits per heavy atom. The van der Waals surface area contributed by atoms with Gasteiger partial charge in [0.2, 0.25) is 0 Å². The summed E-state index contributed by atoms with van der Waals surface area (Å²) in [5.74, 6) is 4.57. The average molecular weight is 276 g/mol. The van der Waals surface area contributed by atoms with E-state index in [1.807, 2.05) is 12.5 Å². The maximum Gasteiger partial charge on any atom is 0.0512 e. The highest BCUT2D eigenvalue weighted by molar-refractivity contribution is 5.17. The van der Waals surface area contributed by atoms with Gasteiger partial charge in [0.05, 0.1) is 6.10 Å². The lowest BCUT2D eigenvalue weighted by Gasteiger charge is -2.49. The first-order valence-electron chi connectivity index (χ1n) is 9.03. The highest BCUT2D eigenvalue weighted by Crippen LogP contribution is 2.53. The number of allylic oxidation sites excluding steroid dienone is 2. The fourth-order valence-electron chi connectivity index (χ4n) is 5.50. The Morgan fingerprint density at radius 1 is 1.20 bits per heavy atom. The third kappa shape index (κ3) is 2.84. The second-order valence-electron chi connectivity index (χ2n) is 7.84. The lowest BCUT2D eigenvalue weighted by atomic mass is 9.56. The third-order valence-electron chi connectivity index (χ3n) is 6.58. The molecule has 1 N–H and O–H groups in total. The standard InChI is InChI=1S/C19H32O/c1-13-7-10-19-17-6-4-3-5-15(17)9-12-18(19)16(13)11-8-14(2)20/h9,13-14,16-20H,3-8,10-12H2,1-2H3. The molecule has 114 valence electrons. The highest BCUT2D eigenvalue weighted by atomic mass is 16.3. The molecule has 0 aromatic carbocycles. The predicted molar refractivity (Wildman–Crippen MR) is 84.4 cm³/mol. The van der Waals surface area contributed by atoms with Crippen LogP contribution in [0.25, 0.3) is 0 Å². The summed E-state index contributed by atoms with van der Waals surface area (Å²) >= 11 is 0. The van der Waals surface area contributed by atoms with Gasteiger partial charge in [-0.15, -0.1) is 0 Å². The number of rotatable bonds is 3. The van der Waals surface area contributed by atoms with E-state index in [0.29, 0.717) is 0 Å². The molecule has 0 aromatic rings. The SMILES string of the molecule is CC(O)CCC1C(C)CCC2C3CCCCC3=CCC12. The van der Waals surface area contributed by atoms with Crippen LogP contribution in [0.15, 0.2) is 11.6 Å². The zero-order valence-electron chi connectivity index (χ0n) is 13.4. The molecule has 1 heteroatoms. The molecule has 0 heterocycles. The summed E-state index contributed by atoms with van der Waals surface area (Å²) in [7, 11) is 0. The van der Waals surface area contributed by atoms with E-state index in [0.717, 1.165) is 36.0 Å². The van der Waals surface area contributed by atoms with Crippen molar-refractivity contribution in [1.82, 2.24) is 0 Å². The molecule has 0 amide bonds. The Labute approximate surface area is 124 Å². The lowest BCUT2D eigenvalue weighted by molar-refractivity contribution is 0.0397. The Hall–Kier alpha value is -0.300. The van der Waals surface area contributed by atoms with Crippen LogP contribution in [0.4, 0.5) is 0 Å². The van der Waals surface area contributed by atoms with Gasteiger partial charge in [0.15, 0.2) is 0 Å². The van der Waals surface area contributed by atoms with Crippen molar-refractivity contribution in [2.45, 2.75) is 77.7 Å². The Balaban J connectivity index is 1.74. The molecule has 3 rings (SSSR count). The summed E-state index contributed by atoms with van der Waals surface area (Å²) in [6, 6.07) is 0. The third-order valence-corrected chi connectivity index (χ3v) is 6.58. The van der Waals surface area contributed by atoms with E-state index < -0.39 is 0 Å². The minimum Gasteiger partial charge on any atom is -0.393 e. The molecular formula is C19H32O. The van der Waals surface area contributed by atoms with E-state index in [1.165, 1.54) is 51.4 Å². The van der Waals surface area contributed by atoms with Crippen molar-refractivity contribution in [1.29, 1.82) is 0 Å². The normalized spacial score (nSPS) is 42.4. The molecule has 1 nitrogen and oxygen atoms in total. The second kappa shape index (κ2) is 6.22. The van der Waals surface area contributed by atoms with Crippen LogP contribution in [0.3, 0.4) is 0 Å². The van der Waals surface area contributed by atoms with Gasteiger partial charge >= 0.3 is 0 Å². The van der Waals surface area contributed by atoms with Gasteiger partial charge in [-0.1, -0.05) is 31.4 Å². The van der Waals surface area contributed by atoms with Crippen LogP contribution in [0.5, 0.6) is 0 Å². The first-order chi connectivity index (χ1) is 9.66. The van der Waals surface area contributed by atoms with Crippen molar-refractivity contribution < 1.29 is 5.11 Å². The highest BCUT2D eigenvalue weighted by Gasteiger charge is 2.43. The smallest absolute Gasteiger partial charge is 0.0512 e. The molecule has 3 aliphatic rings. The number of fused-ring (bicyclic) bond motifs is 3. The molecule has 0 aromatic heterocycles. The molecular weight excluding hydrogens is 244 g/mol. The Morgan fingerprint density at radius 2 is 2.05 bits per heavy atom. The van der Waals surface area contributed by atoms with Crippen LogP contribution in [-0.4, -0.2) is 11.2 Å². The second-order valence-corrected chi connectivity index (χ2v) is 7.84. The molecule has 3 aliphatic carbocycles. The monoisotopic (exact) mass is 276 g/mol. The summed E-state index contributed by atoms with van der Waals surface area (Å²) < 4.78 is 0. The molecule has 20 heavy (non-hydrogen) atoms. The molecule has 2 saturated carbocycles. The molecule has 0 aliphatic heterocycles. The van der Waals surface area contributed by atoms with Gasteiger partial charge in [0.1, 0.15) is 0 Å². The Bertz CT molecular complexity index is 357. The quantitative estimate of drug-likeness (QED) is 0.723. The van der Waals surface area contributed by atoms with Crippen molar-refractivity contribution in [2.24, 2.45) is 29.6 Å². The molecule has 0 radical (unpaired) electrons. The van der Waals surface area contributed by atoms with Gasteiger partial charge in [-0.2, -0.15) is 0 Å². The summed E-state index contributed by atoms with van der Waals surface area (Å²) in [6.45, 7) is 4.41. The fraction of sp³-hybridized carbons (Fsp3) is 0.895. The van der Waals surface area contributed by atoms with E-state index in [-0.39, 0.29) is 6.10 Å². The maximum atomic E-state index is 9.64. The Kier molecular flexibility index (Phi) is 4.55. The summed E-state index contributed by atoms with van der Waals surface area (Å²) in [5.41, 5.74) is 1.82. The number of hydrogen-bond donors (Lipinski definition) is 1. The number of hydrogen-bond acceptors (Lipinski definition) is 1. The predicted octanol–water partition coefficient (Wildman–Crippen LogP) is 4.95. The minimum absolute atomic E-state index is 0.119. The van der Waals surface area contributed by atoms with E-state index in [4.69, 9.17) is 0 Å².